The van der Waals surface area contributed by atoms with Gasteiger partial charge in [-0.15, -0.1) is 0 Å². The Morgan fingerprint density at radius 2 is 1.93 bits per heavy atom. The van der Waals surface area contributed by atoms with Crippen LogP contribution in [0.1, 0.15) is 37.5 Å². The van der Waals surface area contributed by atoms with Gasteiger partial charge in [0.2, 0.25) is 6.61 Å². The van der Waals surface area contributed by atoms with Gasteiger partial charge in [-0.25, -0.2) is 4.79 Å². The van der Waals surface area contributed by atoms with Gasteiger partial charge in [0, 0.05) is 5.56 Å². The number of nitrogens with zero attached hydrogens (tertiary/aromatic N) is 1. The Hall–Kier alpha value is -3.26. The number of oxime groups is 1. The molecule has 0 bridgehead atoms. The van der Waals surface area contributed by atoms with Crippen molar-refractivity contribution in [3.05, 3.63) is 65.2 Å². The van der Waals surface area contributed by atoms with E-state index in [0.717, 1.165) is 16.9 Å². The molecule has 5 heteroatoms. The second-order valence-electron chi connectivity index (χ2n) is 6.89. The number of aliphatic carboxylic acids is 1. The minimum atomic E-state index is -1.07. The Balaban J connectivity index is 1.88. The molecule has 0 heterocycles. The van der Waals surface area contributed by atoms with E-state index in [-0.39, 0.29) is 12.0 Å². The molecule has 5 nitrogen and oxygen atoms in total. The Morgan fingerprint density at radius 1 is 1.19 bits per heavy atom. The van der Waals surface area contributed by atoms with Crippen molar-refractivity contribution in [1.82, 2.24) is 0 Å². The molecule has 0 aliphatic heterocycles. The molecular formula is C22H23NO4. The Bertz CT molecular complexity index is 852. The van der Waals surface area contributed by atoms with Gasteiger partial charge >= 0.3 is 5.97 Å². The number of benzene rings is 2. The lowest BCUT2D eigenvalue weighted by Crippen LogP contribution is -2.10. The predicted octanol–water partition coefficient (Wildman–Crippen LogP) is 3.85. The van der Waals surface area contributed by atoms with Gasteiger partial charge in [-0.3, -0.25) is 0 Å². The number of hydrogen-bond donors (Lipinski definition) is 1. The average molecular weight is 365 g/mol. The van der Waals surface area contributed by atoms with E-state index in [1.807, 2.05) is 36.4 Å². The van der Waals surface area contributed by atoms with Crippen molar-refractivity contribution in [3.8, 4) is 17.6 Å². The summed E-state index contributed by atoms with van der Waals surface area (Å²) in [6, 6.07) is 15.4. The molecule has 0 radical (unpaired) electrons. The number of hydrogen-bond acceptors (Lipinski definition) is 4. The van der Waals surface area contributed by atoms with Crippen LogP contribution in [-0.4, -0.2) is 30.5 Å². The molecule has 0 saturated heterocycles. The molecule has 0 aromatic heterocycles. The van der Waals surface area contributed by atoms with Crippen LogP contribution in [0.15, 0.2) is 53.7 Å². The van der Waals surface area contributed by atoms with Crippen molar-refractivity contribution in [2.24, 2.45) is 5.16 Å². The Kier molecular flexibility index (Phi) is 7.01. The van der Waals surface area contributed by atoms with Crippen molar-refractivity contribution < 1.29 is 19.5 Å². The molecular weight excluding hydrogens is 342 g/mol. The third-order valence-corrected chi connectivity index (χ3v) is 3.62. The summed E-state index contributed by atoms with van der Waals surface area (Å²) in [5, 5.41) is 12.1. The van der Waals surface area contributed by atoms with Crippen LogP contribution in [0.25, 0.3) is 0 Å². The fourth-order valence-corrected chi connectivity index (χ4v) is 2.20. The lowest BCUT2D eigenvalue weighted by molar-refractivity contribution is -0.142. The molecule has 0 fully saturated rings. The topological polar surface area (TPSA) is 68.1 Å². The van der Waals surface area contributed by atoms with Crippen LogP contribution in [0.2, 0.25) is 0 Å². The number of ether oxygens (including phenoxy) is 1. The van der Waals surface area contributed by atoms with Crippen LogP contribution in [0.3, 0.4) is 0 Å². The molecule has 0 amide bonds. The third kappa shape index (κ3) is 7.25. The zero-order valence-corrected chi connectivity index (χ0v) is 15.7. The highest BCUT2D eigenvalue weighted by Crippen LogP contribution is 2.24. The van der Waals surface area contributed by atoms with Crippen LogP contribution >= 0.6 is 0 Å². The maximum absolute atomic E-state index is 10.3. The van der Waals surface area contributed by atoms with E-state index in [0.29, 0.717) is 0 Å². The average Bonchev–Trinajstić information content (AvgIpc) is 2.62. The van der Waals surface area contributed by atoms with Gasteiger partial charge in [0.05, 0.1) is 6.21 Å². The second-order valence-corrected chi connectivity index (χ2v) is 6.89. The van der Waals surface area contributed by atoms with E-state index in [4.69, 9.17) is 9.84 Å². The highest BCUT2D eigenvalue weighted by atomic mass is 16.6. The first-order valence-corrected chi connectivity index (χ1v) is 8.54. The molecule has 140 valence electrons. The van der Waals surface area contributed by atoms with E-state index in [2.05, 4.69) is 54.7 Å². The lowest BCUT2D eigenvalue weighted by Gasteiger charge is -2.18. The minimum Gasteiger partial charge on any atom is -0.481 e. The van der Waals surface area contributed by atoms with E-state index in [1.165, 1.54) is 11.8 Å². The van der Waals surface area contributed by atoms with Crippen LogP contribution in [0.5, 0.6) is 5.75 Å². The van der Waals surface area contributed by atoms with E-state index >= 15 is 0 Å². The summed E-state index contributed by atoms with van der Waals surface area (Å²) < 4.78 is 5.65. The smallest absolute Gasteiger partial charge is 0.344 e. The van der Waals surface area contributed by atoms with Gasteiger partial charge < -0.3 is 14.7 Å². The largest absolute Gasteiger partial charge is 0.481 e. The maximum atomic E-state index is 10.3. The second kappa shape index (κ2) is 9.44. The molecule has 0 unspecified atom stereocenters. The first kappa shape index (κ1) is 20.1. The van der Waals surface area contributed by atoms with Crippen LogP contribution in [0.4, 0.5) is 0 Å². The van der Waals surface area contributed by atoms with Crippen molar-refractivity contribution in [3.63, 3.8) is 0 Å². The summed E-state index contributed by atoms with van der Waals surface area (Å²) in [4.78, 5) is 15.0. The van der Waals surface area contributed by atoms with Crippen molar-refractivity contribution in [2.75, 3.05) is 13.2 Å². The van der Waals surface area contributed by atoms with Gasteiger partial charge in [-0.2, -0.15) is 0 Å². The number of rotatable bonds is 6. The normalized spacial score (nSPS) is 10.9. The monoisotopic (exact) mass is 365 g/mol. The third-order valence-electron chi connectivity index (χ3n) is 3.62. The molecule has 2 aromatic rings. The SMILES string of the molecule is CC(C)(C)c1ccc(OCC#Cc2cccc(/C=N/OCC(=O)O)c2)cc1. The molecule has 0 aliphatic carbocycles. The van der Waals surface area contributed by atoms with Gasteiger partial charge in [0.15, 0.2) is 0 Å². The van der Waals surface area contributed by atoms with Crippen LogP contribution < -0.4 is 4.74 Å². The van der Waals surface area contributed by atoms with Gasteiger partial charge in [-0.1, -0.05) is 62.0 Å². The highest BCUT2D eigenvalue weighted by Gasteiger charge is 2.12. The van der Waals surface area contributed by atoms with Crippen LogP contribution in [0, 0.1) is 11.8 Å². The minimum absolute atomic E-state index is 0.116. The summed E-state index contributed by atoms with van der Waals surface area (Å²) in [5.41, 5.74) is 2.95. The number of carbonyl (C=O) groups is 1. The Labute approximate surface area is 159 Å². The molecule has 0 aliphatic rings. The fourth-order valence-electron chi connectivity index (χ4n) is 2.20. The van der Waals surface area contributed by atoms with Crippen molar-refractivity contribution in [1.29, 1.82) is 0 Å². The Morgan fingerprint density at radius 3 is 2.59 bits per heavy atom. The fraction of sp³-hybridized carbons (Fsp3) is 0.273. The summed E-state index contributed by atoms with van der Waals surface area (Å²) in [5.74, 6) is 5.72. The lowest BCUT2D eigenvalue weighted by atomic mass is 9.87. The van der Waals surface area contributed by atoms with Gasteiger partial charge in [-0.05, 0) is 40.8 Å². The number of carboxylic acid groups (broad SMARTS) is 1. The molecule has 1 N–H and O–H groups in total. The van der Waals surface area contributed by atoms with Crippen LogP contribution in [-0.2, 0) is 15.0 Å². The summed E-state index contributed by atoms with van der Waals surface area (Å²) >= 11 is 0. The summed E-state index contributed by atoms with van der Waals surface area (Å²) in [7, 11) is 0. The van der Waals surface area contributed by atoms with Gasteiger partial charge in [0.25, 0.3) is 0 Å². The van der Waals surface area contributed by atoms with Crippen molar-refractivity contribution in [2.45, 2.75) is 26.2 Å². The van der Waals surface area contributed by atoms with Crippen molar-refractivity contribution >= 4 is 12.2 Å². The molecule has 2 aromatic carbocycles. The van der Waals surface area contributed by atoms with E-state index in [1.54, 1.807) is 0 Å². The van der Waals surface area contributed by atoms with E-state index in [9.17, 15) is 4.79 Å². The van der Waals surface area contributed by atoms with Gasteiger partial charge in [0.1, 0.15) is 12.4 Å². The highest BCUT2D eigenvalue weighted by molar-refractivity contribution is 5.79. The standard InChI is InChI=1S/C22H23NO4/c1-22(2,3)19-9-11-20(12-10-19)26-13-5-8-17-6-4-7-18(14-17)15-23-27-16-21(24)25/h4,6-7,9-12,14-15H,13,16H2,1-3H3,(H,24,25)/b23-15+. The molecule has 27 heavy (non-hydrogen) atoms. The first-order chi connectivity index (χ1) is 12.8. The molecule has 0 spiro atoms. The molecule has 2 rings (SSSR count). The summed E-state index contributed by atoms with van der Waals surface area (Å²) in [6.07, 6.45) is 1.45. The quantitative estimate of drug-likeness (QED) is 0.480. The maximum Gasteiger partial charge on any atom is 0.344 e. The predicted molar refractivity (Wildman–Crippen MR) is 105 cm³/mol. The van der Waals surface area contributed by atoms with E-state index < -0.39 is 12.6 Å². The zero-order valence-electron chi connectivity index (χ0n) is 15.7. The molecule has 0 saturated carbocycles. The zero-order chi connectivity index (χ0) is 19.7. The summed E-state index contributed by atoms with van der Waals surface area (Å²) in [6.45, 7) is 6.33. The first-order valence-electron chi connectivity index (χ1n) is 8.54. The number of carboxylic acids is 1. The molecule has 0 atom stereocenters.